The third kappa shape index (κ3) is 2.89. The summed E-state index contributed by atoms with van der Waals surface area (Å²) in [6, 6.07) is 13.7. The topological polar surface area (TPSA) is 56.4 Å². The Morgan fingerprint density at radius 1 is 1.00 bits per heavy atom. The van der Waals surface area contributed by atoms with Crippen molar-refractivity contribution in [3.63, 3.8) is 0 Å². The van der Waals surface area contributed by atoms with Crippen LogP contribution in [-0.4, -0.2) is 37.4 Å². The van der Waals surface area contributed by atoms with Gasteiger partial charge in [-0.1, -0.05) is 12.1 Å². The number of rotatable bonds is 6. The second kappa shape index (κ2) is 6.49. The zero-order valence-corrected chi connectivity index (χ0v) is 12.6. The summed E-state index contributed by atoms with van der Waals surface area (Å²) in [5.41, 5.74) is 2.90. The molecular formula is C17H18N2O3. The van der Waals surface area contributed by atoms with Crippen molar-refractivity contribution in [2.75, 3.05) is 27.4 Å². The first kappa shape index (κ1) is 14.4. The summed E-state index contributed by atoms with van der Waals surface area (Å²) in [5, 5.41) is 0. The Morgan fingerprint density at radius 3 is 2.64 bits per heavy atom. The number of para-hydroxylation sites is 2. The number of benzene rings is 2. The van der Waals surface area contributed by atoms with Crippen LogP contribution in [0, 0.1) is 0 Å². The molecule has 0 saturated carbocycles. The smallest absolute Gasteiger partial charge is 0.161 e. The Morgan fingerprint density at radius 2 is 1.86 bits per heavy atom. The lowest BCUT2D eigenvalue weighted by molar-refractivity contribution is 0.144. The van der Waals surface area contributed by atoms with Crippen LogP contribution >= 0.6 is 0 Å². The lowest BCUT2D eigenvalue weighted by Crippen LogP contribution is -2.05. The third-order valence-corrected chi connectivity index (χ3v) is 3.37. The van der Waals surface area contributed by atoms with Gasteiger partial charge >= 0.3 is 0 Å². The first-order valence-corrected chi connectivity index (χ1v) is 7.06. The van der Waals surface area contributed by atoms with Gasteiger partial charge in [-0.25, -0.2) is 4.98 Å². The van der Waals surface area contributed by atoms with E-state index >= 15 is 0 Å². The molecule has 0 bridgehead atoms. The standard InChI is InChI=1S/C17H18N2O3/c1-20-9-10-22-15-8-7-12(11-16(15)21-2)17-18-13-5-3-4-6-14(13)19-17/h3-8,11H,9-10H2,1-2H3,(H,18,19). The third-order valence-electron chi connectivity index (χ3n) is 3.37. The van der Waals surface area contributed by atoms with E-state index in [1.54, 1.807) is 14.2 Å². The molecule has 5 nitrogen and oxygen atoms in total. The molecule has 0 aliphatic carbocycles. The van der Waals surface area contributed by atoms with Crippen LogP contribution in [0.25, 0.3) is 22.4 Å². The summed E-state index contributed by atoms with van der Waals surface area (Å²) < 4.78 is 16.0. The van der Waals surface area contributed by atoms with Crippen molar-refractivity contribution in [1.29, 1.82) is 0 Å². The van der Waals surface area contributed by atoms with Crippen molar-refractivity contribution in [2.24, 2.45) is 0 Å². The average molecular weight is 298 g/mol. The van der Waals surface area contributed by atoms with E-state index in [0.29, 0.717) is 24.7 Å². The molecule has 0 aliphatic rings. The minimum atomic E-state index is 0.483. The van der Waals surface area contributed by atoms with Crippen LogP contribution in [0.2, 0.25) is 0 Å². The molecule has 3 rings (SSSR count). The van der Waals surface area contributed by atoms with Crippen molar-refractivity contribution in [2.45, 2.75) is 0 Å². The van der Waals surface area contributed by atoms with E-state index in [2.05, 4.69) is 9.97 Å². The molecule has 114 valence electrons. The van der Waals surface area contributed by atoms with Crippen LogP contribution in [0.3, 0.4) is 0 Å². The highest BCUT2D eigenvalue weighted by Gasteiger charge is 2.10. The Bertz CT molecular complexity index is 734. The van der Waals surface area contributed by atoms with Crippen LogP contribution in [0.5, 0.6) is 11.5 Å². The summed E-state index contributed by atoms with van der Waals surface area (Å²) in [7, 11) is 3.27. The van der Waals surface area contributed by atoms with Gasteiger partial charge in [0.25, 0.3) is 0 Å². The molecule has 0 radical (unpaired) electrons. The average Bonchev–Trinajstić information content (AvgIpc) is 2.99. The molecular weight excluding hydrogens is 280 g/mol. The number of ether oxygens (including phenoxy) is 3. The Kier molecular flexibility index (Phi) is 4.25. The van der Waals surface area contributed by atoms with E-state index in [1.165, 1.54) is 0 Å². The molecule has 0 amide bonds. The molecule has 0 saturated heterocycles. The molecule has 0 atom stereocenters. The zero-order chi connectivity index (χ0) is 15.4. The summed E-state index contributed by atoms with van der Waals surface area (Å²) in [6.07, 6.45) is 0. The molecule has 0 aliphatic heterocycles. The normalized spacial score (nSPS) is 10.8. The number of methoxy groups -OCH3 is 2. The van der Waals surface area contributed by atoms with E-state index < -0.39 is 0 Å². The lowest BCUT2D eigenvalue weighted by Gasteiger charge is -2.11. The van der Waals surface area contributed by atoms with E-state index in [9.17, 15) is 0 Å². The van der Waals surface area contributed by atoms with E-state index in [4.69, 9.17) is 14.2 Å². The fourth-order valence-corrected chi connectivity index (χ4v) is 2.26. The zero-order valence-electron chi connectivity index (χ0n) is 12.6. The molecule has 1 N–H and O–H groups in total. The minimum absolute atomic E-state index is 0.483. The number of aromatic amines is 1. The summed E-state index contributed by atoms with van der Waals surface area (Å²) in [6.45, 7) is 1.02. The number of hydrogen-bond donors (Lipinski definition) is 1. The van der Waals surface area contributed by atoms with Crippen molar-refractivity contribution in [3.8, 4) is 22.9 Å². The molecule has 3 aromatic rings. The number of aromatic nitrogens is 2. The number of hydrogen-bond acceptors (Lipinski definition) is 4. The van der Waals surface area contributed by atoms with Gasteiger partial charge in [0, 0.05) is 12.7 Å². The summed E-state index contributed by atoms with van der Waals surface area (Å²) in [5.74, 6) is 2.18. The van der Waals surface area contributed by atoms with Crippen molar-refractivity contribution >= 4 is 11.0 Å². The van der Waals surface area contributed by atoms with Gasteiger partial charge in [-0.2, -0.15) is 0 Å². The maximum Gasteiger partial charge on any atom is 0.161 e. The first-order chi connectivity index (χ1) is 10.8. The van der Waals surface area contributed by atoms with Crippen molar-refractivity contribution < 1.29 is 14.2 Å². The van der Waals surface area contributed by atoms with Crippen LogP contribution in [0.1, 0.15) is 0 Å². The maximum absolute atomic E-state index is 5.64. The van der Waals surface area contributed by atoms with Gasteiger partial charge in [-0.15, -0.1) is 0 Å². The SMILES string of the molecule is COCCOc1ccc(-c2nc3ccccc3[nH]2)cc1OC. The number of H-pyrrole nitrogens is 1. The van der Waals surface area contributed by atoms with Gasteiger partial charge in [0.2, 0.25) is 0 Å². The molecule has 0 unspecified atom stereocenters. The van der Waals surface area contributed by atoms with E-state index in [0.717, 1.165) is 22.4 Å². The Hall–Kier alpha value is -2.53. The number of imidazole rings is 1. The fraction of sp³-hybridized carbons (Fsp3) is 0.235. The van der Waals surface area contributed by atoms with Gasteiger partial charge in [-0.3, -0.25) is 0 Å². The Balaban J connectivity index is 1.90. The van der Waals surface area contributed by atoms with Crippen LogP contribution in [0.15, 0.2) is 42.5 Å². The summed E-state index contributed by atoms with van der Waals surface area (Å²) in [4.78, 5) is 7.90. The number of nitrogens with one attached hydrogen (secondary N) is 1. The van der Waals surface area contributed by atoms with Crippen LogP contribution in [0.4, 0.5) is 0 Å². The molecule has 22 heavy (non-hydrogen) atoms. The second-order valence-corrected chi connectivity index (χ2v) is 4.81. The van der Waals surface area contributed by atoms with Gasteiger partial charge in [0.05, 0.1) is 24.8 Å². The molecule has 0 fully saturated rings. The molecule has 0 spiro atoms. The highest BCUT2D eigenvalue weighted by atomic mass is 16.5. The lowest BCUT2D eigenvalue weighted by atomic mass is 10.2. The fourth-order valence-electron chi connectivity index (χ4n) is 2.26. The van der Waals surface area contributed by atoms with Gasteiger partial charge in [0.1, 0.15) is 12.4 Å². The highest BCUT2D eigenvalue weighted by molar-refractivity contribution is 5.79. The predicted molar refractivity (Wildman–Crippen MR) is 85.5 cm³/mol. The van der Waals surface area contributed by atoms with E-state index in [1.807, 2.05) is 42.5 Å². The van der Waals surface area contributed by atoms with Crippen LogP contribution in [-0.2, 0) is 4.74 Å². The first-order valence-electron chi connectivity index (χ1n) is 7.06. The van der Waals surface area contributed by atoms with Crippen LogP contribution < -0.4 is 9.47 Å². The maximum atomic E-state index is 5.64. The monoisotopic (exact) mass is 298 g/mol. The van der Waals surface area contributed by atoms with Crippen molar-refractivity contribution in [3.05, 3.63) is 42.5 Å². The second-order valence-electron chi connectivity index (χ2n) is 4.81. The highest BCUT2D eigenvalue weighted by Crippen LogP contribution is 2.32. The number of fused-ring (bicyclic) bond motifs is 1. The molecule has 1 aromatic heterocycles. The Labute approximate surface area is 128 Å². The molecule has 1 heterocycles. The van der Waals surface area contributed by atoms with Gasteiger partial charge in [0.15, 0.2) is 11.5 Å². The number of nitrogens with zero attached hydrogens (tertiary/aromatic N) is 1. The molecule has 2 aromatic carbocycles. The van der Waals surface area contributed by atoms with Gasteiger partial charge < -0.3 is 19.2 Å². The summed E-state index contributed by atoms with van der Waals surface area (Å²) >= 11 is 0. The largest absolute Gasteiger partial charge is 0.493 e. The van der Waals surface area contributed by atoms with Crippen molar-refractivity contribution in [1.82, 2.24) is 9.97 Å². The predicted octanol–water partition coefficient (Wildman–Crippen LogP) is 3.26. The quantitative estimate of drug-likeness (QED) is 0.710. The van der Waals surface area contributed by atoms with E-state index in [-0.39, 0.29) is 0 Å². The molecule has 5 heteroatoms. The van der Waals surface area contributed by atoms with Gasteiger partial charge in [-0.05, 0) is 30.3 Å². The minimum Gasteiger partial charge on any atom is -0.493 e.